The van der Waals surface area contributed by atoms with Crippen LogP contribution in [-0.4, -0.2) is 63.3 Å². The first-order valence-electron chi connectivity index (χ1n) is 11.4. The minimum absolute atomic E-state index is 0.0471. The van der Waals surface area contributed by atoms with E-state index in [1.807, 2.05) is 30.3 Å². The van der Waals surface area contributed by atoms with Gasteiger partial charge in [-0.25, -0.2) is 0 Å². The van der Waals surface area contributed by atoms with Gasteiger partial charge in [-0.2, -0.15) is 0 Å². The number of likely N-dealkylation sites (N-methyl/N-ethyl adjacent to an activating group) is 1. The molecule has 1 atom stereocenters. The Labute approximate surface area is 185 Å². The van der Waals surface area contributed by atoms with Gasteiger partial charge in [-0.05, 0) is 49.9 Å². The van der Waals surface area contributed by atoms with Crippen molar-refractivity contribution in [1.82, 2.24) is 10.2 Å². The summed E-state index contributed by atoms with van der Waals surface area (Å²) < 4.78 is 11.7. The van der Waals surface area contributed by atoms with Gasteiger partial charge in [0.2, 0.25) is 0 Å². The van der Waals surface area contributed by atoms with Crippen LogP contribution in [-0.2, 0) is 6.42 Å². The maximum absolute atomic E-state index is 12.8. The van der Waals surface area contributed by atoms with E-state index in [0.717, 1.165) is 56.9 Å². The fourth-order valence-corrected chi connectivity index (χ4v) is 4.13. The molecule has 2 aromatic rings. The molecule has 0 spiro atoms. The summed E-state index contributed by atoms with van der Waals surface area (Å²) in [5.41, 5.74) is 3.07. The molecule has 0 aliphatic carbocycles. The molecule has 2 aliphatic rings. The molecule has 1 saturated heterocycles. The molecule has 31 heavy (non-hydrogen) atoms. The fourth-order valence-electron chi connectivity index (χ4n) is 4.13. The highest BCUT2D eigenvalue weighted by Crippen LogP contribution is 2.34. The van der Waals surface area contributed by atoms with Crippen molar-refractivity contribution in [3.05, 3.63) is 53.6 Å². The number of nitrogens with one attached hydrogen (secondary N) is 1. The highest BCUT2D eigenvalue weighted by molar-refractivity contribution is 5.94. The van der Waals surface area contributed by atoms with Gasteiger partial charge in [-0.3, -0.25) is 4.79 Å². The molecule has 0 aromatic heterocycles. The van der Waals surface area contributed by atoms with E-state index in [4.69, 9.17) is 9.47 Å². The Morgan fingerprint density at radius 2 is 1.90 bits per heavy atom. The van der Waals surface area contributed by atoms with Gasteiger partial charge in [-0.1, -0.05) is 19.4 Å². The number of benzene rings is 2. The highest BCUT2D eigenvalue weighted by atomic mass is 16.5. The van der Waals surface area contributed by atoms with Crippen molar-refractivity contribution in [2.45, 2.75) is 32.2 Å². The third kappa shape index (κ3) is 5.31. The van der Waals surface area contributed by atoms with Crippen LogP contribution >= 0.6 is 0 Å². The molecule has 6 heteroatoms. The molecule has 1 fully saturated rings. The molecule has 2 heterocycles. The molecule has 2 aliphatic heterocycles. The predicted molar refractivity (Wildman–Crippen MR) is 123 cm³/mol. The van der Waals surface area contributed by atoms with Crippen LogP contribution < -0.4 is 19.7 Å². The van der Waals surface area contributed by atoms with Crippen LogP contribution in [0.4, 0.5) is 5.69 Å². The largest absolute Gasteiger partial charge is 0.494 e. The molecule has 0 radical (unpaired) electrons. The number of nitrogens with zero attached hydrogens (tertiary/aromatic N) is 2. The summed E-state index contributed by atoms with van der Waals surface area (Å²) in [6, 6.07) is 13.6. The third-order valence-electron chi connectivity index (χ3n) is 6.06. The van der Waals surface area contributed by atoms with E-state index in [1.54, 1.807) is 0 Å². The van der Waals surface area contributed by atoms with E-state index >= 15 is 0 Å². The highest BCUT2D eigenvalue weighted by Gasteiger charge is 2.26. The van der Waals surface area contributed by atoms with Crippen LogP contribution in [0.5, 0.6) is 11.5 Å². The second-order valence-corrected chi connectivity index (χ2v) is 8.46. The van der Waals surface area contributed by atoms with Gasteiger partial charge >= 0.3 is 0 Å². The van der Waals surface area contributed by atoms with Crippen molar-refractivity contribution in [1.29, 1.82) is 0 Å². The van der Waals surface area contributed by atoms with Crippen molar-refractivity contribution in [2.24, 2.45) is 0 Å². The Morgan fingerprint density at radius 3 is 2.65 bits per heavy atom. The maximum Gasteiger partial charge on any atom is 0.251 e. The Hall–Kier alpha value is -2.73. The zero-order chi connectivity index (χ0) is 21.6. The Balaban J connectivity index is 1.39. The number of carbonyl (C=O) groups is 1. The zero-order valence-corrected chi connectivity index (χ0v) is 18.6. The van der Waals surface area contributed by atoms with E-state index < -0.39 is 0 Å². The van der Waals surface area contributed by atoms with E-state index in [1.165, 1.54) is 11.3 Å². The molecule has 6 nitrogen and oxygen atoms in total. The summed E-state index contributed by atoms with van der Waals surface area (Å²) in [7, 11) is 2.16. The third-order valence-corrected chi connectivity index (χ3v) is 6.06. The van der Waals surface area contributed by atoms with Gasteiger partial charge in [0.15, 0.2) is 0 Å². The van der Waals surface area contributed by atoms with E-state index in [2.05, 4.69) is 41.2 Å². The molecule has 0 saturated carbocycles. The molecule has 2 aromatic carbocycles. The van der Waals surface area contributed by atoms with Gasteiger partial charge < -0.3 is 24.6 Å². The minimum Gasteiger partial charge on any atom is -0.494 e. The molecule has 0 bridgehead atoms. The number of anilines is 1. The smallest absolute Gasteiger partial charge is 0.251 e. The number of hydrogen-bond acceptors (Lipinski definition) is 5. The number of piperazine rings is 1. The second-order valence-electron chi connectivity index (χ2n) is 8.46. The van der Waals surface area contributed by atoms with Crippen molar-refractivity contribution < 1.29 is 14.3 Å². The minimum atomic E-state index is -0.0748. The standard InChI is InChI=1S/C25H33N3O3/c1-3-4-16-30-21-10-8-19(9-11-21)25(29)26-20-17-22-23(6-5-7-24(22)31-18-20)28-14-12-27(2)13-15-28/h5-11,20H,3-4,12-18H2,1-2H3,(H,26,29)/t20-/m1/s1. The first kappa shape index (κ1) is 21.5. The molecular weight excluding hydrogens is 390 g/mol. The van der Waals surface area contributed by atoms with Crippen LogP contribution in [0.2, 0.25) is 0 Å². The van der Waals surface area contributed by atoms with Crippen molar-refractivity contribution in [2.75, 3.05) is 51.3 Å². The normalized spacial score (nSPS) is 18.8. The fraction of sp³-hybridized carbons (Fsp3) is 0.480. The first-order valence-corrected chi connectivity index (χ1v) is 11.4. The number of ether oxygens (including phenoxy) is 2. The van der Waals surface area contributed by atoms with Gasteiger partial charge in [0.05, 0.1) is 12.6 Å². The summed E-state index contributed by atoms with van der Waals surface area (Å²) in [5.74, 6) is 1.67. The maximum atomic E-state index is 12.8. The number of hydrogen-bond donors (Lipinski definition) is 1. The van der Waals surface area contributed by atoms with Crippen molar-refractivity contribution >= 4 is 11.6 Å². The molecule has 0 unspecified atom stereocenters. The lowest BCUT2D eigenvalue weighted by molar-refractivity contribution is 0.0915. The van der Waals surface area contributed by atoms with E-state index in [0.29, 0.717) is 18.8 Å². The van der Waals surface area contributed by atoms with Crippen molar-refractivity contribution in [3.63, 3.8) is 0 Å². The molecule has 1 N–H and O–H groups in total. The van der Waals surface area contributed by atoms with E-state index in [9.17, 15) is 4.79 Å². The number of amides is 1. The quantitative estimate of drug-likeness (QED) is 0.692. The van der Waals surface area contributed by atoms with Gasteiger partial charge in [0, 0.05) is 49.4 Å². The lowest BCUT2D eigenvalue weighted by Crippen LogP contribution is -2.46. The van der Waals surface area contributed by atoms with Gasteiger partial charge in [0.1, 0.15) is 18.1 Å². The molecule has 166 valence electrons. The summed E-state index contributed by atoms with van der Waals surface area (Å²) in [6.45, 7) is 7.47. The molecular formula is C25H33N3O3. The number of rotatable bonds is 7. The van der Waals surface area contributed by atoms with Gasteiger partial charge in [0.25, 0.3) is 5.91 Å². The number of carbonyl (C=O) groups excluding carboxylic acids is 1. The van der Waals surface area contributed by atoms with Crippen LogP contribution in [0.15, 0.2) is 42.5 Å². The predicted octanol–water partition coefficient (Wildman–Crippen LogP) is 3.35. The number of unbranched alkanes of at least 4 members (excludes halogenated alkanes) is 1. The van der Waals surface area contributed by atoms with Crippen LogP contribution in [0, 0.1) is 0 Å². The monoisotopic (exact) mass is 423 g/mol. The SMILES string of the molecule is CCCCOc1ccc(C(=O)N[C@H]2COc3cccc(N4CCN(C)CC4)c3C2)cc1. The summed E-state index contributed by atoms with van der Waals surface area (Å²) in [4.78, 5) is 17.6. The van der Waals surface area contributed by atoms with E-state index in [-0.39, 0.29) is 11.9 Å². The zero-order valence-electron chi connectivity index (χ0n) is 18.6. The lowest BCUT2D eigenvalue weighted by atomic mass is 9.99. The average Bonchev–Trinajstić information content (AvgIpc) is 2.80. The molecule has 1 amide bonds. The summed E-state index contributed by atoms with van der Waals surface area (Å²) in [5, 5.41) is 3.15. The Bertz CT molecular complexity index is 876. The Morgan fingerprint density at radius 1 is 1.13 bits per heavy atom. The Kier molecular flexibility index (Phi) is 6.97. The van der Waals surface area contributed by atoms with Crippen LogP contribution in [0.3, 0.4) is 0 Å². The van der Waals surface area contributed by atoms with Crippen LogP contribution in [0.25, 0.3) is 0 Å². The lowest BCUT2D eigenvalue weighted by Gasteiger charge is -2.37. The van der Waals surface area contributed by atoms with Crippen LogP contribution in [0.1, 0.15) is 35.7 Å². The van der Waals surface area contributed by atoms with Crippen molar-refractivity contribution in [3.8, 4) is 11.5 Å². The van der Waals surface area contributed by atoms with Gasteiger partial charge in [-0.15, -0.1) is 0 Å². The first-order chi connectivity index (χ1) is 15.1. The second kappa shape index (κ2) is 10.1. The molecule has 4 rings (SSSR count). The average molecular weight is 424 g/mol. The summed E-state index contributed by atoms with van der Waals surface area (Å²) in [6.07, 6.45) is 2.91. The number of fused-ring (bicyclic) bond motifs is 1. The summed E-state index contributed by atoms with van der Waals surface area (Å²) >= 11 is 0. The topological polar surface area (TPSA) is 54.0 Å².